The summed E-state index contributed by atoms with van der Waals surface area (Å²) in [4.78, 5) is 30.0. The molecule has 1 aromatic carbocycles. The summed E-state index contributed by atoms with van der Waals surface area (Å²) in [7, 11) is 0. The number of carbonyl (C=O) groups is 1. The van der Waals surface area contributed by atoms with Crippen LogP contribution in [-0.4, -0.2) is 45.8 Å². The van der Waals surface area contributed by atoms with Crippen molar-refractivity contribution >= 4 is 5.97 Å². The Balaban J connectivity index is 1.58. The van der Waals surface area contributed by atoms with Crippen molar-refractivity contribution in [3.63, 3.8) is 0 Å². The lowest BCUT2D eigenvalue weighted by Gasteiger charge is -2.42. The highest BCUT2D eigenvalue weighted by molar-refractivity contribution is 5.81. The highest BCUT2D eigenvalue weighted by Gasteiger charge is 2.46. The number of benzene rings is 1. The molecule has 3 unspecified atom stereocenters. The van der Waals surface area contributed by atoms with Gasteiger partial charge in [-0.2, -0.15) is 5.21 Å². The fourth-order valence-corrected chi connectivity index (χ4v) is 5.48. The van der Waals surface area contributed by atoms with Crippen LogP contribution in [0.5, 0.6) is 0 Å². The molecular weight excluding hydrogens is 470 g/mol. The number of aryl methyl sites for hydroxylation is 1. The first-order valence-corrected chi connectivity index (χ1v) is 12.8. The molecular formula is C27H31N7O3. The number of pyridine rings is 1. The van der Waals surface area contributed by atoms with Crippen LogP contribution in [0.3, 0.4) is 0 Å². The normalized spacial score (nSPS) is 19.0. The van der Waals surface area contributed by atoms with Gasteiger partial charge in [-0.15, -0.1) is 10.2 Å². The van der Waals surface area contributed by atoms with Crippen molar-refractivity contribution in [3.8, 4) is 22.5 Å². The van der Waals surface area contributed by atoms with Crippen LogP contribution in [-0.2, 0) is 17.8 Å². The molecule has 37 heavy (non-hydrogen) atoms. The Morgan fingerprint density at radius 3 is 2.68 bits per heavy atom. The van der Waals surface area contributed by atoms with Gasteiger partial charge in [-0.25, -0.2) is 4.79 Å². The molecule has 10 heteroatoms. The van der Waals surface area contributed by atoms with Crippen LogP contribution in [0.2, 0.25) is 0 Å². The number of hydrogen-bond acceptors (Lipinski definition) is 6. The molecule has 0 saturated heterocycles. The molecule has 0 radical (unpaired) electrons. The number of rotatable bonds is 10. The van der Waals surface area contributed by atoms with E-state index in [1.165, 1.54) is 0 Å². The van der Waals surface area contributed by atoms with Crippen molar-refractivity contribution in [3.05, 3.63) is 70.7 Å². The van der Waals surface area contributed by atoms with E-state index in [1.54, 1.807) is 21.5 Å². The average Bonchev–Trinajstić information content (AvgIpc) is 3.52. The number of nitrogens with one attached hydrogen (secondary N) is 1. The largest absolute Gasteiger partial charge is 0.481 e. The summed E-state index contributed by atoms with van der Waals surface area (Å²) >= 11 is 0. The number of aromatic nitrogens is 7. The third kappa shape index (κ3) is 4.59. The maximum Gasteiger partial charge on any atom is 0.328 e. The van der Waals surface area contributed by atoms with Gasteiger partial charge in [0.2, 0.25) is 5.82 Å². The summed E-state index contributed by atoms with van der Waals surface area (Å²) in [6.45, 7) is 4.50. The number of carboxylic acids is 1. The summed E-state index contributed by atoms with van der Waals surface area (Å²) < 4.78 is 3.47. The van der Waals surface area contributed by atoms with Crippen molar-refractivity contribution in [2.75, 3.05) is 0 Å². The molecule has 4 aromatic rings. The number of aromatic amines is 1. The van der Waals surface area contributed by atoms with E-state index in [0.717, 1.165) is 53.6 Å². The van der Waals surface area contributed by atoms with Crippen LogP contribution < -0.4 is 5.69 Å². The Morgan fingerprint density at radius 1 is 1.16 bits per heavy atom. The number of H-pyrrole nitrogens is 1. The number of unbranched alkanes of at least 4 members (excludes halogenated alkanes) is 1. The highest BCUT2D eigenvalue weighted by Crippen LogP contribution is 2.46. The second kappa shape index (κ2) is 10.5. The molecule has 3 aromatic heterocycles. The molecule has 0 amide bonds. The van der Waals surface area contributed by atoms with Gasteiger partial charge >= 0.3 is 11.7 Å². The van der Waals surface area contributed by atoms with E-state index in [4.69, 9.17) is 0 Å². The molecule has 3 heterocycles. The second-order valence-corrected chi connectivity index (χ2v) is 9.65. The topological polar surface area (TPSA) is 132 Å². The minimum Gasteiger partial charge on any atom is -0.481 e. The Labute approximate surface area is 214 Å². The van der Waals surface area contributed by atoms with Crippen molar-refractivity contribution in [1.29, 1.82) is 0 Å². The van der Waals surface area contributed by atoms with Gasteiger partial charge < -0.3 is 5.11 Å². The number of carboxylic acid groups (broad SMARTS) is 1. The van der Waals surface area contributed by atoms with Gasteiger partial charge in [0.25, 0.3) is 0 Å². The molecule has 192 valence electrons. The van der Waals surface area contributed by atoms with Crippen molar-refractivity contribution in [1.82, 2.24) is 34.7 Å². The fourth-order valence-electron chi connectivity index (χ4n) is 5.48. The number of tetrazole rings is 1. The predicted octanol–water partition coefficient (Wildman–Crippen LogP) is 3.95. The van der Waals surface area contributed by atoms with E-state index < -0.39 is 11.9 Å². The lowest BCUT2D eigenvalue weighted by Crippen LogP contribution is -2.46. The Kier molecular flexibility index (Phi) is 6.98. The molecule has 1 saturated carbocycles. The predicted molar refractivity (Wildman–Crippen MR) is 138 cm³/mol. The zero-order valence-electron chi connectivity index (χ0n) is 21.0. The summed E-state index contributed by atoms with van der Waals surface area (Å²) in [5.74, 6) is -0.699. The average molecular weight is 502 g/mol. The fraction of sp³-hybridized carbons (Fsp3) is 0.407. The van der Waals surface area contributed by atoms with E-state index in [1.807, 2.05) is 36.5 Å². The number of aliphatic carboxylic acids is 1. The van der Waals surface area contributed by atoms with Crippen LogP contribution in [0.25, 0.3) is 22.5 Å². The molecule has 2 N–H and O–H groups in total. The maximum atomic E-state index is 13.8. The zero-order valence-corrected chi connectivity index (χ0v) is 21.0. The molecule has 5 rings (SSSR count). The van der Waals surface area contributed by atoms with E-state index in [2.05, 4.69) is 39.5 Å². The lowest BCUT2D eigenvalue weighted by atomic mass is 9.68. The molecule has 0 spiro atoms. The standard InChI is InChI=1S/C27H31N7O3/c1-3-5-8-19-16-34(24-17(4-2)13-23(24)26(35)36)27(37)33(19)15-18-14-28-12-11-20(18)21-9-6-7-10-22(21)25-29-31-32-30-25/h6-7,9-12,14,16-17,23-24H,3-5,8,13,15H2,1-2H3,(H,35,36)(H,29,30,31,32). The van der Waals surface area contributed by atoms with Gasteiger partial charge in [0.05, 0.1) is 18.5 Å². The van der Waals surface area contributed by atoms with Gasteiger partial charge in [-0.1, -0.05) is 51.0 Å². The minimum atomic E-state index is -0.836. The SMILES string of the molecule is CCCCc1cn(C2C(CC)CC2C(=O)O)c(=O)n1Cc1cnccc1-c1ccccc1-c1nn[nH]n1. The minimum absolute atomic E-state index is 0.165. The van der Waals surface area contributed by atoms with Crippen LogP contribution in [0.4, 0.5) is 0 Å². The van der Waals surface area contributed by atoms with E-state index in [-0.39, 0.29) is 17.6 Å². The number of imidazole rings is 1. The van der Waals surface area contributed by atoms with Crippen molar-refractivity contribution in [2.24, 2.45) is 11.8 Å². The zero-order chi connectivity index (χ0) is 25.9. The summed E-state index contributed by atoms with van der Waals surface area (Å²) in [5.41, 5.74) is 4.30. The summed E-state index contributed by atoms with van der Waals surface area (Å²) in [5, 5.41) is 24.3. The van der Waals surface area contributed by atoms with E-state index >= 15 is 0 Å². The van der Waals surface area contributed by atoms with Gasteiger partial charge in [0.15, 0.2) is 0 Å². The third-order valence-corrected chi connectivity index (χ3v) is 7.52. The number of hydrogen-bond donors (Lipinski definition) is 2. The van der Waals surface area contributed by atoms with Crippen molar-refractivity contribution < 1.29 is 9.90 Å². The first-order chi connectivity index (χ1) is 18.0. The summed E-state index contributed by atoms with van der Waals surface area (Å²) in [6, 6.07) is 9.42. The quantitative estimate of drug-likeness (QED) is 0.336. The Hall–Kier alpha value is -4.08. The lowest BCUT2D eigenvalue weighted by molar-refractivity contribution is -0.150. The van der Waals surface area contributed by atoms with Crippen LogP contribution in [0, 0.1) is 11.8 Å². The van der Waals surface area contributed by atoms with Gasteiger partial charge in [0.1, 0.15) is 0 Å². The molecule has 3 atom stereocenters. The molecule has 0 bridgehead atoms. The monoisotopic (exact) mass is 501 g/mol. The Bertz CT molecular complexity index is 1440. The second-order valence-electron chi connectivity index (χ2n) is 9.65. The van der Waals surface area contributed by atoms with Crippen LogP contribution in [0.15, 0.2) is 53.7 Å². The molecule has 0 aliphatic heterocycles. The van der Waals surface area contributed by atoms with Crippen LogP contribution in [0.1, 0.15) is 56.8 Å². The smallest absolute Gasteiger partial charge is 0.328 e. The summed E-state index contributed by atoms with van der Waals surface area (Å²) in [6.07, 6.45) is 9.54. The van der Waals surface area contributed by atoms with Gasteiger partial charge in [-0.3, -0.25) is 18.9 Å². The van der Waals surface area contributed by atoms with Crippen LogP contribution >= 0.6 is 0 Å². The third-order valence-electron chi connectivity index (χ3n) is 7.52. The molecule has 10 nitrogen and oxygen atoms in total. The first kappa shape index (κ1) is 24.6. The maximum absolute atomic E-state index is 13.8. The van der Waals surface area contributed by atoms with Crippen molar-refractivity contribution in [2.45, 2.75) is 58.5 Å². The molecule has 1 aliphatic rings. The van der Waals surface area contributed by atoms with E-state index in [9.17, 15) is 14.7 Å². The van der Waals surface area contributed by atoms with Gasteiger partial charge in [0, 0.05) is 29.8 Å². The Morgan fingerprint density at radius 2 is 1.97 bits per heavy atom. The molecule has 1 aliphatic carbocycles. The highest BCUT2D eigenvalue weighted by atomic mass is 16.4. The van der Waals surface area contributed by atoms with E-state index in [0.29, 0.717) is 18.8 Å². The first-order valence-electron chi connectivity index (χ1n) is 12.8. The number of nitrogens with zero attached hydrogens (tertiary/aromatic N) is 6. The van der Waals surface area contributed by atoms with Gasteiger partial charge in [-0.05, 0) is 53.2 Å². The molecule has 1 fully saturated rings.